The SMILES string of the molecule is C[C@@H](COc1ccnc(N2CCN(c3ncc(C(F)(F)F)cn3)C(=O)C2)c1F)Nc1cnn(COCC[Si](C)(C)C)c(=O)c1C(F)(F)F. The highest BCUT2D eigenvalue weighted by Gasteiger charge is 2.39. The van der Waals surface area contributed by atoms with Gasteiger partial charge in [0.05, 0.1) is 30.0 Å². The van der Waals surface area contributed by atoms with Gasteiger partial charge in [0, 0.05) is 52.4 Å². The van der Waals surface area contributed by atoms with E-state index in [9.17, 15) is 35.9 Å². The molecule has 4 heterocycles. The number of rotatable bonds is 12. The largest absolute Gasteiger partial charge is 0.488 e. The molecule has 1 atom stereocenters. The Labute approximate surface area is 270 Å². The van der Waals surface area contributed by atoms with Gasteiger partial charge in [-0.25, -0.2) is 19.6 Å². The molecule has 0 radical (unpaired) electrons. The molecule has 1 fully saturated rings. The number of hydrogen-bond acceptors (Lipinski definition) is 10. The zero-order chi connectivity index (χ0) is 35.4. The summed E-state index contributed by atoms with van der Waals surface area (Å²) in [5, 5.41) is 6.36. The normalized spacial score (nSPS) is 15.1. The van der Waals surface area contributed by atoms with E-state index in [2.05, 4.69) is 45.0 Å². The van der Waals surface area contributed by atoms with Gasteiger partial charge >= 0.3 is 12.4 Å². The van der Waals surface area contributed by atoms with Gasteiger partial charge in [0.1, 0.15) is 18.9 Å². The van der Waals surface area contributed by atoms with Crippen molar-refractivity contribution in [3.63, 3.8) is 0 Å². The van der Waals surface area contributed by atoms with Crippen LogP contribution >= 0.6 is 0 Å². The van der Waals surface area contributed by atoms with Crippen molar-refractivity contribution in [3.05, 3.63) is 58.2 Å². The van der Waals surface area contributed by atoms with Crippen molar-refractivity contribution in [1.29, 1.82) is 0 Å². The van der Waals surface area contributed by atoms with Crippen LogP contribution in [-0.2, 0) is 28.6 Å². The molecule has 48 heavy (non-hydrogen) atoms. The van der Waals surface area contributed by atoms with E-state index in [0.29, 0.717) is 17.1 Å². The number of ether oxygens (including phenoxy) is 2. The fourth-order valence-corrected chi connectivity index (χ4v) is 5.19. The summed E-state index contributed by atoms with van der Waals surface area (Å²) in [6.07, 6.45) is -6.49. The minimum Gasteiger partial charge on any atom is -0.488 e. The third-order valence-corrected chi connectivity index (χ3v) is 8.69. The van der Waals surface area contributed by atoms with E-state index in [1.165, 1.54) is 24.1 Å². The Kier molecular flexibility index (Phi) is 11.0. The number of hydrogen-bond donors (Lipinski definition) is 1. The maximum atomic E-state index is 15.4. The highest BCUT2D eigenvalue weighted by molar-refractivity contribution is 6.76. The number of piperazine rings is 1. The van der Waals surface area contributed by atoms with Crippen molar-refractivity contribution < 1.29 is 45.0 Å². The quantitative estimate of drug-likeness (QED) is 0.162. The molecular weight excluding hydrogens is 673 g/mol. The molecule has 0 unspecified atom stereocenters. The molecule has 12 nitrogen and oxygen atoms in total. The average Bonchev–Trinajstić information content (AvgIpc) is 2.98. The van der Waals surface area contributed by atoms with E-state index in [1.807, 2.05) is 0 Å². The van der Waals surface area contributed by atoms with Crippen LogP contribution in [0.1, 0.15) is 18.1 Å². The molecular formula is C28H33F7N8O4Si. The fraction of sp³-hybridized carbons (Fsp3) is 0.500. The summed E-state index contributed by atoms with van der Waals surface area (Å²) in [6, 6.07) is 1.06. The predicted molar refractivity (Wildman–Crippen MR) is 162 cm³/mol. The number of nitrogens with zero attached hydrogens (tertiary/aromatic N) is 7. The monoisotopic (exact) mass is 706 g/mol. The molecule has 262 valence electrons. The Morgan fingerprint density at radius 1 is 1.00 bits per heavy atom. The van der Waals surface area contributed by atoms with E-state index in [-0.39, 0.29) is 43.8 Å². The summed E-state index contributed by atoms with van der Waals surface area (Å²) < 4.78 is 107. The molecule has 0 spiro atoms. The first-order valence-corrected chi connectivity index (χ1v) is 18.3. The fourth-order valence-electron chi connectivity index (χ4n) is 4.44. The standard InChI is InChI=1S/C28H33F7N8O4Si/c1-17(40-19-13-39-43(16-46-9-10-48(2,3)4)25(45)22(19)28(33,34)35)15-47-20-5-6-36-24(23(20)29)41-7-8-42(21(44)14-41)26-37-11-18(12-38-26)27(30,31)32/h5-6,11-13,17,40H,7-10,14-16H2,1-4H3/t17-/m0/s1. The highest BCUT2D eigenvalue weighted by atomic mass is 28.3. The molecule has 1 aliphatic heterocycles. The average molecular weight is 707 g/mol. The second-order valence-electron chi connectivity index (χ2n) is 12.1. The Morgan fingerprint density at radius 2 is 1.69 bits per heavy atom. The molecule has 20 heteroatoms. The maximum Gasteiger partial charge on any atom is 0.423 e. The van der Waals surface area contributed by atoms with Crippen LogP contribution in [0.3, 0.4) is 0 Å². The van der Waals surface area contributed by atoms with Crippen molar-refractivity contribution in [1.82, 2.24) is 24.7 Å². The van der Waals surface area contributed by atoms with Crippen LogP contribution in [0.2, 0.25) is 25.7 Å². The lowest BCUT2D eigenvalue weighted by atomic mass is 10.2. The number of pyridine rings is 1. The summed E-state index contributed by atoms with van der Waals surface area (Å²) in [7, 11) is -1.46. The lowest BCUT2D eigenvalue weighted by Crippen LogP contribution is -2.51. The number of aromatic nitrogens is 5. The van der Waals surface area contributed by atoms with Crippen molar-refractivity contribution in [2.24, 2.45) is 0 Å². The zero-order valence-corrected chi connectivity index (χ0v) is 27.3. The third-order valence-electron chi connectivity index (χ3n) is 6.99. The van der Waals surface area contributed by atoms with Gasteiger partial charge in [-0.05, 0) is 13.0 Å². The van der Waals surface area contributed by atoms with Gasteiger partial charge in [0.2, 0.25) is 17.7 Å². The molecule has 0 saturated carbocycles. The van der Waals surface area contributed by atoms with Crippen LogP contribution in [0, 0.1) is 5.82 Å². The highest BCUT2D eigenvalue weighted by Crippen LogP contribution is 2.33. The number of alkyl halides is 6. The van der Waals surface area contributed by atoms with Gasteiger partial charge in [-0.3, -0.25) is 14.5 Å². The molecule has 4 rings (SSSR count). The first-order valence-electron chi connectivity index (χ1n) is 14.6. The van der Waals surface area contributed by atoms with Gasteiger partial charge in [0.25, 0.3) is 5.56 Å². The topological polar surface area (TPSA) is 128 Å². The lowest BCUT2D eigenvalue weighted by Gasteiger charge is -2.34. The van der Waals surface area contributed by atoms with E-state index < -0.39 is 73.8 Å². The third kappa shape index (κ3) is 9.17. The second-order valence-corrected chi connectivity index (χ2v) is 17.7. The summed E-state index contributed by atoms with van der Waals surface area (Å²) in [6.45, 7) is 6.77. The minimum absolute atomic E-state index is 0.0174. The summed E-state index contributed by atoms with van der Waals surface area (Å²) in [5.41, 5.74) is -4.53. The van der Waals surface area contributed by atoms with Crippen LogP contribution in [0.5, 0.6) is 5.75 Å². The minimum atomic E-state index is -5.02. The first-order chi connectivity index (χ1) is 22.3. The molecule has 0 aliphatic carbocycles. The number of amides is 1. The van der Waals surface area contributed by atoms with Crippen LogP contribution in [0.25, 0.3) is 0 Å². The van der Waals surface area contributed by atoms with Crippen LogP contribution < -0.4 is 25.4 Å². The molecule has 1 aliphatic rings. The van der Waals surface area contributed by atoms with E-state index in [0.717, 1.165) is 17.1 Å². The number of anilines is 3. The van der Waals surface area contributed by atoms with Gasteiger partial charge in [0.15, 0.2) is 11.6 Å². The smallest absolute Gasteiger partial charge is 0.423 e. The van der Waals surface area contributed by atoms with E-state index >= 15 is 4.39 Å². The van der Waals surface area contributed by atoms with Crippen LogP contribution in [-0.4, -0.2) is 77.6 Å². The second kappa shape index (κ2) is 14.4. The van der Waals surface area contributed by atoms with Crippen molar-refractivity contribution in [2.75, 3.05) is 48.0 Å². The van der Waals surface area contributed by atoms with Crippen LogP contribution in [0.4, 0.5) is 48.2 Å². The molecule has 0 aromatic carbocycles. The molecule has 3 aromatic rings. The molecule has 1 N–H and O–H groups in total. The van der Waals surface area contributed by atoms with E-state index in [1.54, 1.807) is 0 Å². The van der Waals surface area contributed by atoms with Crippen molar-refractivity contribution in [2.45, 2.75) is 57.7 Å². The predicted octanol–water partition coefficient (Wildman–Crippen LogP) is 4.65. The summed E-state index contributed by atoms with van der Waals surface area (Å²) in [4.78, 5) is 39.0. The van der Waals surface area contributed by atoms with Gasteiger partial charge in [-0.1, -0.05) is 19.6 Å². The van der Waals surface area contributed by atoms with E-state index in [4.69, 9.17) is 9.47 Å². The molecule has 3 aromatic heterocycles. The molecule has 0 bridgehead atoms. The van der Waals surface area contributed by atoms with Crippen molar-refractivity contribution >= 4 is 31.4 Å². The maximum absolute atomic E-state index is 15.4. The Bertz CT molecular complexity index is 1650. The van der Waals surface area contributed by atoms with Crippen LogP contribution in [0.15, 0.2) is 35.6 Å². The summed E-state index contributed by atoms with van der Waals surface area (Å²) in [5.74, 6) is -2.39. The Balaban J connectivity index is 1.39. The first kappa shape index (κ1) is 36.5. The lowest BCUT2D eigenvalue weighted by molar-refractivity contribution is -0.139. The zero-order valence-electron chi connectivity index (χ0n) is 26.3. The number of halogens is 7. The number of carbonyl (C=O) groups excluding carboxylic acids is 1. The molecule has 1 amide bonds. The van der Waals surface area contributed by atoms with Gasteiger partial charge in [-0.15, -0.1) is 0 Å². The summed E-state index contributed by atoms with van der Waals surface area (Å²) >= 11 is 0. The van der Waals surface area contributed by atoms with Gasteiger partial charge < -0.3 is 19.7 Å². The van der Waals surface area contributed by atoms with Crippen molar-refractivity contribution in [3.8, 4) is 5.75 Å². The molecule has 1 saturated heterocycles. The van der Waals surface area contributed by atoms with Gasteiger partial charge in [-0.2, -0.15) is 35.8 Å². The Morgan fingerprint density at radius 3 is 2.29 bits per heavy atom. The number of carbonyl (C=O) groups is 1. The Hall–Kier alpha value is -4.33. The number of nitrogens with one attached hydrogen (secondary N) is 1.